The lowest BCUT2D eigenvalue weighted by atomic mass is 10.0. The Labute approximate surface area is 204 Å². The molecular weight excluding hydrogens is 516 g/mol. The molecule has 2 amide bonds. The summed E-state index contributed by atoms with van der Waals surface area (Å²) in [7, 11) is 0. The van der Waals surface area contributed by atoms with E-state index in [-0.39, 0.29) is 30.7 Å². The summed E-state index contributed by atoms with van der Waals surface area (Å²) >= 11 is 1.42. The van der Waals surface area contributed by atoms with Crippen LogP contribution in [0.3, 0.4) is 0 Å². The van der Waals surface area contributed by atoms with Crippen molar-refractivity contribution in [1.29, 1.82) is 0 Å². The van der Waals surface area contributed by atoms with Crippen molar-refractivity contribution in [2.45, 2.75) is 31.7 Å². The van der Waals surface area contributed by atoms with Gasteiger partial charge in [-0.3, -0.25) is 14.4 Å². The molecule has 0 bridgehead atoms. The van der Waals surface area contributed by atoms with Crippen LogP contribution in [-0.4, -0.2) is 67.7 Å². The number of hydrogen-bond acceptors (Lipinski definition) is 6. The van der Waals surface area contributed by atoms with Gasteiger partial charge in [0.25, 0.3) is 11.8 Å². The fourth-order valence-corrected chi connectivity index (χ4v) is 4.96. The van der Waals surface area contributed by atoms with Crippen LogP contribution in [0, 0.1) is 17.5 Å². The second kappa shape index (κ2) is 9.76. The summed E-state index contributed by atoms with van der Waals surface area (Å²) in [6.45, 7) is -0.878. The molecule has 15 heteroatoms. The summed E-state index contributed by atoms with van der Waals surface area (Å²) < 4.78 is 82.0. The van der Waals surface area contributed by atoms with Crippen molar-refractivity contribution in [3.63, 3.8) is 0 Å². The quantitative estimate of drug-likeness (QED) is 0.357. The Bertz CT molecular complexity index is 1230. The maximum absolute atomic E-state index is 13.9. The van der Waals surface area contributed by atoms with E-state index in [1.165, 1.54) is 16.7 Å². The minimum atomic E-state index is -4.86. The summed E-state index contributed by atoms with van der Waals surface area (Å²) in [6, 6.07) is -0.822. The van der Waals surface area contributed by atoms with Crippen LogP contribution in [0.1, 0.15) is 27.6 Å². The molecule has 194 valence electrons. The van der Waals surface area contributed by atoms with Crippen molar-refractivity contribution >= 4 is 29.4 Å². The smallest absolute Gasteiger partial charge is 0.328 e. The Morgan fingerprint density at radius 3 is 2.36 bits per heavy atom. The van der Waals surface area contributed by atoms with E-state index < -0.39 is 77.3 Å². The van der Waals surface area contributed by atoms with Crippen molar-refractivity contribution in [2.75, 3.05) is 24.7 Å². The van der Waals surface area contributed by atoms with Gasteiger partial charge in [0.15, 0.2) is 17.3 Å². The summed E-state index contributed by atoms with van der Waals surface area (Å²) in [6.07, 6.45) is -5.47. The number of fused-ring (bicyclic) bond motifs is 1. The molecule has 0 aliphatic carbocycles. The van der Waals surface area contributed by atoms with Gasteiger partial charge in [-0.15, -0.1) is 11.8 Å². The number of nitrogens with two attached hydrogens (primary N) is 1. The van der Waals surface area contributed by atoms with Crippen LogP contribution >= 0.6 is 11.8 Å². The third kappa shape index (κ3) is 4.93. The standard InChI is InChI=1S/C21H19F6N5O3S/c22-11-7-13(24)12(23)5-10(11)6-14(28)17(33)19(35)30-1-2-32-15(8-30)16(29-20(32)21(25,26)27)18(34)31-3-4-36-9-31/h5,7,14H,1-4,6,8-9,28H2. The molecule has 2 aliphatic rings. The highest BCUT2D eigenvalue weighted by Gasteiger charge is 2.43. The third-order valence-electron chi connectivity index (χ3n) is 5.87. The first-order chi connectivity index (χ1) is 16.9. The van der Waals surface area contributed by atoms with Crippen LogP contribution in [0.4, 0.5) is 26.3 Å². The van der Waals surface area contributed by atoms with E-state index in [0.717, 1.165) is 9.47 Å². The second-order valence-electron chi connectivity index (χ2n) is 8.25. The minimum Gasteiger partial charge on any atom is -0.328 e. The molecule has 1 aromatic heterocycles. The van der Waals surface area contributed by atoms with Gasteiger partial charge < -0.3 is 20.1 Å². The first-order valence-electron chi connectivity index (χ1n) is 10.6. The lowest BCUT2D eigenvalue weighted by Crippen LogP contribution is -2.48. The van der Waals surface area contributed by atoms with Crippen LogP contribution in [0.5, 0.6) is 0 Å². The highest BCUT2D eigenvalue weighted by atomic mass is 32.2. The molecule has 1 atom stereocenters. The zero-order chi connectivity index (χ0) is 26.4. The van der Waals surface area contributed by atoms with Crippen LogP contribution in [-0.2, 0) is 35.3 Å². The molecule has 8 nitrogen and oxygen atoms in total. The highest BCUT2D eigenvalue weighted by Crippen LogP contribution is 2.33. The van der Waals surface area contributed by atoms with E-state index >= 15 is 0 Å². The van der Waals surface area contributed by atoms with E-state index in [0.29, 0.717) is 18.4 Å². The highest BCUT2D eigenvalue weighted by molar-refractivity contribution is 7.99. The van der Waals surface area contributed by atoms with Crippen molar-refractivity contribution in [3.8, 4) is 0 Å². The number of hydrogen-bond donors (Lipinski definition) is 1. The van der Waals surface area contributed by atoms with E-state index in [2.05, 4.69) is 4.98 Å². The molecule has 1 aromatic carbocycles. The maximum Gasteiger partial charge on any atom is 0.449 e. The second-order valence-corrected chi connectivity index (χ2v) is 9.32. The lowest BCUT2D eigenvalue weighted by molar-refractivity contribution is -0.149. The van der Waals surface area contributed by atoms with E-state index in [9.17, 15) is 40.7 Å². The minimum absolute atomic E-state index is 0.170. The molecule has 0 radical (unpaired) electrons. The number of ketones is 1. The zero-order valence-corrected chi connectivity index (χ0v) is 19.3. The number of alkyl halides is 3. The Kier molecular flexibility index (Phi) is 7.05. The molecule has 2 N–H and O–H groups in total. The molecule has 0 saturated carbocycles. The van der Waals surface area contributed by atoms with Crippen LogP contribution in [0.25, 0.3) is 0 Å². The van der Waals surface area contributed by atoms with E-state index in [1.54, 1.807) is 0 Å². The number of amides is 2. The van der Waals surface area contributed by atoms with Crippen molar-refractivity contribution in [3.05, 3.63) is 52.4 Å². The van der Waals surface area contributed by atoms with Crippen LogP contribution < -0.4 is 5.73 Å². The van der Waals surface area contributed by atoms with Gasteiger partial charge in [0.05, 0.1) is 24.2 Å². The molecule has 0 spiro atoms. The average molecular weight is 535 g/mol. The predicted octanol–water partition coefficient (Wildman–Crippen LogP) is 1.95. The Morgan fingerprint density at radius 2 is 1.72 bits per heavy atom. The summed E-state index contributed by atoms with van der Waals surface area (Å²) in [5.74, 6) is -7.43. The molecule has 36 heavy (non-hydrogen) atoms. The monoisotopic (exact) mass is 535 g/mol. The number of imidazole rings is 1. The van der Waals surface area contributed by atoms with Crippen LogP contribution in [0.2, 0.25) is 0 Å². The summed E-state index contributed by atoms with van der Waals surface area (Å²) in [5, 5.41) is 0. The molecule has 1 saturated heterocycles. The molecule has 2 aliphatic heterocycles. The average Bonchev–Trinajstić information content (AvgIpc) is 3.49. The number of rotatable bonds is 5. The number of benzene rings is 1. The first kappa shape index (κ1) is 26.0. The molecule has 3 heterocycles. The van der Waals surface area contributed by atoms with Crippen molar-refractivity contribution < 1.29 is 40.7 Å². The van der Waals surface area contributed by atoms with E-state index in [4.69, 9.17) is 5.73 Å². The van der Waals surface area contributed by atoms with E-state index in [1.807, 2.05) is 0 Å². The first-order valence-corrected chi connectivity index (χ1v) is 11.8. The van der Waals surface area contributed by atoms with Gasteiger partial charge in [0.2, 0.25) is 11.6 Å². The molecule has 4 rings (SSSR count). The fourth-order valence-electron chi connectivity index (χ4n) is 4.02. The van der Waals surface area contributed by atoms with Gasteiger partial charge in [-0.2, -0.15) is 13.2 Å². The number of carbonyl (C=O) groups excluding carboxylic acids is 3. The fraction of sp³-hybridized carbons (Fsp3) is 0.429. The molecule has 1 unspecified atom stereocenters. The maximum atomic E-state index is 13.9. The predicted molar refractivity (Wildman–Crippen MR) is 114 cm³/mol. The zero-order valence-electron chi connectivity index (χ0n) is 18.4. The third-order valence-corrected chi connectivity index (χ3v) is 6.83. The number of thioether (sulfide) groups is 1. The van der Waals surface area contributed by atoms with Gasteiger partial charge in [0, 0.05) is 31.5 Å². The van der Waals surface area contributed by atoms with Gasteiger partial charge in [-0.1, -0.05) is 0 Å². The van der Waals surface area contributed by atoms with Gasteiger partial charge in [-0.05, 0) is 18.1 Å². The number of nitrogens with zero attached hydrogens (tertiary/aromatic N) is 4. The number of halogens is 6. The number of carbonyl (C=O) groups is 3. The Balaban J connectivity index is 1.55. The molecular formula is C21H19F6N5O3S. The van der Waals surface area contributed by atoms with Crippen molar-refractivity contribution in [1.82, 2.24) is 19.4 Å². The Morgan fingerprint density at radius 1 is 1.03 bits per heavy atom. The lowest BCUT2D eigenvalue weighted by Gasteiger charge is -2.30. The number of Topliss-reactive ketones (excluding diaryl/α,β-unsaturated/α-hetero) is 1. The van der Waals surface area contributed by atoms with Gasteiger partial charge in [0.1, 0.15) is 5.82 Å². The molecule has 1 fully saturated rings. The van der Waals surface area contributed by atoms with Gasteiger partial charge in [-0.25, -0.2) is 18.2 Å². The van der Waals surface area contributed by atoms with Gasteiger partial charge >= 0.3 is 6.18 Å². The topological polar surface area (TPSA) is 102 Å². The number of aromatic nitrogens is 2. The largest absolute Gasteiger partial charge is 0.449 e. The van der Waals surface area contributed by atoms with Crippen LogP contribution in [0.15, 0.2) is 12.1 Å². The SMILES string of the molecule is NC(Cc1cc(F)c(F)cc1F)C(=O)C(=O)N1CCn2c(C(F)(F)F)nc(C(=O)N3CCSC3)c2C1. The molecule has 2 aromatic rings. The Hall–Kier alpha value is -3.07. The normalized spacial score (nSPS) is 16.8. The summed E-state index contributed by atoms with van der Waals surface area (Å²) in [5.41, 5.74) is 4.67. The van der Waals surface area contributed by atoms with Crippen molar-refractivity contribution in [2.24, 2.45) is 5.73 Å². The summed E-state index contributed by atoms with van der Waals surface area (Å²) in [4.78, 5) is 44.1.